The molecule has 1 fully saturated rings. The molecular weight excluding hydrogens is 331 g/mol. The minimum Gasteiger partial charge on any atom is -0.411 e. The molecule has 0 amide bonds. The molecule has 0 aromatic rings. The van der Waals surface area contributed by atoms with Crippen molar-refractivity contribution >= 4 is 15.9 Å². The Bertz CT molecular complexity index is 434. The van der Waals surface area contributed by atoms with Crippen LogP contribution in [0.3, 0.4) is 0 Å². The van der Waals surface area contributed by atoms with E-state index in [1.807, 2.05) is 0 Å². The van der Waals surface area contributed by atoms with E-state index in [4.69, 9.17) is 18.2 Å². The van der Waals surface area contributed by atoms with Gasteiger partial charge in [0.05, 0.1) is 25.9 Å². The number of hydrogen-bond donors (Lipinski definition) is 0. The molecule has 0 radical (unpaired) electrons. The summed E-state index contributed by atoms with van der Waals surface area (Å²) in [4.78, 5) is 0. The van der Waals surface area contributed by atoms with E-state index in [9.17, 15) is 4.57 Å². The number of hydrogen-bond acceptors (Lipinski definition) is 5. The highest BCUT2D eigenvalue weighted by atomic mass is 31.2. The average Bonchev–Trinajstić information content (AvgIpc) is 2.82. The molecule has 0 aromatic heterocycles. The molecule has 1 saturated heterocycles. The standard InChI is InChI=1S/C16H33O5PSi/c1-8-19-22(17,20-9-2)13-11-14-15(10-12-18-14)21-23(6,7)16(3,4)5/h11,13-15H,8-10,12H2,1-7H3/b13-11+/t14-,15?/m1/s1. The molecule has 23 heavy (non-hydrogen) atoms. The Morgan fingerprint density at radius 2 is 1.78 bits per heavy atom. The fourth-order valence-corrected chi connectivity index (χ4v) is 4.84. The third-order valence-electron chi connectivity index (χ3n) is 4.41. The molecule has 1 rings (SSSR count). The van der Waals surface area contributed by atoms with E-state index in [1.54, 1.807) is 19.9 Å². The third-order valence-corrected chi connectivity index (χ3v) is 10.7. The highest BCUT2D eigenvalue weighted by Crippen LogP contribution is 2.50. The highest BCUT2D eigenvalue weighted by Gasteiger charge is 2.42. The van der Waals surface area contributed by atoms with Crippen molar-refractivity contribution in [2.24, 2.45) is 0 Å². The lowest BCUT2D eigenvalue weighted by molar-refractivity contribution is 0.0800. The first kappa shape index (κ1) is 21.1. The van der Waals surface area contributed by atoms with Crippen molar-refractivity contribution in [2.45, 2.75) is 71.4 Å². The van der Waals surface area contributed by atoms with Crippen LogP contribution >= 0.6 is 7.60 Å². The van der Waals surface area contributed by atoms with Crippen LogP contribution in [-0.4, -0.2) is 40.3 Å². The van der Waals surface area contributed by atoms with Gasteiger partial charge in [-0.3, -0.25) is 4.57 Å². The van der Waals surface area contributed by atoms with Gasteiger partial charge in [-0.2, -0.15) is 0 Å². The lowest BCUT2D eigenvalue weighted by Crippen LogP contribution is -2.45. The van der Waals surface area contributed by atoms with Gasteiger partial charge >= 0.3 is 7.60 Å². The first-order valence-electron chi connectivity index (χ1n) is 8.42. The Morgan fingerprint density at radius 1 is 1.22 bits per heavy atom. The van der Waals surface area contributed by atoms with Crippen molar-refractivity contribution in [1.29, 1.82) is 0 Å². The second kappa shape index (κ2) is 8.41. The maximum absolute atomic E-state index is 12.5. The van der Waals surface area contributed by atoms with Crippen molar-refractivity contribution in [3.05, 3.63) is 11.9 Å². The molecule has 0 bridgehead atoms. The molecule has 1 unspecified atom stereocenters. The van der Waals surface area contributed by atoms with Gasteiger partial charge in [0.2, 0.25) is 0 Å². The van der Waals surface area contributed by atoms with Crippen LogP contribution in [0.25, 0.3) is 0 Å². The van der Waals surface area contributed by atoms with E-state index < -0.39 is 15.9 Å². The summed E-state index contributed by atoms with van der Waals surface area (Å²) >= 11 is 0. The van der Waals surface area contributed by atoms with Gasteiger partial charge in [-0.05, 0) is 44.5 Å². The Morgan fingerprint density at radius 3 is 2.26 bits per heavy atom. The zero-order chi connectivity index (χ0) is 17.7. The van der Waals surface area contributed by atoms with Gasteiger partial charge in [0.1, 0.15) is 6.10 Å². The maximum atomic E-state index is 12.5. The minimum atomic E-state index is -3.19. The first-order chi connectivity index (χ1) is 10.5. The van der Waals surface area contributed by atoms with Gasteiger partial charge in [0, 0.05) is 5.82 Å². The molecule has 0 aliphatic carbocycles. The van der Waals surface area contributed by atoms with Crippen LogP contribution in [0.5, 0.6) is 0 Å². The summed E-state index contributed by atoms with van der Waals surface area (Å²) in [5.41, 5.74) is 0. The fraction of sp³-hybridized carbons (Fsp3) is 0.875. The zero-order valence-electron chi connectivity index (χ0n) is 15.6. The van der Waals surface area contributed by atoms with Crippen LogP contribution in [-0.2, 0) is 22.8 Å². The van der Waals surface area contributed by atoms with Crippen LogP contribution < -0.4 is 0 Å². The van der Waals surface area contributed by atoms with Crippen LogP contribution in [0.2, 0.25) is 18.1 Å². The Labute approximate surface area is 142 Å². The lowest BCUT2D eigenvalue weighted by atomic mass is 10.2. The van der Waals surface area contributed by atoms with Gasteiger partial charge in [0.15, 0.2) is 8.32 Å². The van der Waals surface area contributed by atoms with E-state index in [0.29, 0.717) is 19.8 Å². The summed E-state index contributed by atoms with van der Waals surface area (Å²) in [7, 11) is -5.05. The molecule has 1 heterocycles. The second-order valence-electron chi connectivity index (χ2n) is 7.26. The van der Waals surface area contributed by atoms with Crippen molar-refractivity contribution in [3.63, 3.8) is 0 Å². The van der Waals surface area contributed by atoms with Gasteiger partial charge in [-0.15, -0.1) is 0 Å². The van der Waals surface area contributed by atoms with E-state index in [1.165, 1.54) is 5.82 Å². The Hall–Kier alpha value is 0.0269. The van der Waals surface area contributed by atoms with Crippen molar-refractivity contribution in [1.82, 2.24) is 0 Å². The van der Waals surface area contributed by atoms with E-state index >= 15 is 0 Å². The molecule has 0 aromatic carbocycles. The van der Waals surface area contributed by atoms with E-state index in [2.05, 4.69) is 33.9 Å². The Kier molecular flexibility index (Phi) is 7.71. The SMILES string of the molecule is CCOP(=O)(/C=C/[C@H]1OCCC1O[Si](C)(C)C(C)(C)C)OCC. The summed E-state index contributed by atoms with van der Waals surface area (Å²) in [6.45, 7) is 16.1. The summed E-state index contributed by atoms with van der Waals surface area (Å²) in [6, 6.07) is 0. The summed E-state index contributed by atoms with van der Waals surface area (Å²) in [5, 5.41) is 0.149. The summed E-state index contributed by atoms with van der Waals surface area (Å²) in [5.74, 6) is 1.53. The molecular formula is C16H33O5PSi. The predicted molar refractivity (Wildman–Crippen MR) is 96.4 cm³/mol. The van der Waals surface area contributed by atoms with Crippen LogP contribution in [0.15, 0.2) is 11.9 Å². The predicted octanol–water partition coefficient (Wildman–Crippen LogP) is 4.95. The fourth-order valence-electron chi connectivity index (χ4n) is 2.13. The number of ether oxygens (including phenoxy) is 1. The molecule has 0 saturated carbocycles. The van der Waals surface area contributed by atoms with Crippen molar-refractivity contribution < 1.29 is 22.8 Å². The average molecular weight is 364 g/mol. The summed E-state index contributed by atoms with van der Waals surface area (Å²) < 4.78 is 35.3. The van der Waals surface area contributed by atoms with Crippen molar-refractivity contribution in [2.75, 3.05) is 19.8 Å². The minimum absolute atomic E-state index is 0.00356. The molecule has 136 valence electrons. The first-order valence-corrected chi connectivity index (χ1v) is 12.9. The second-order valence-corrected chi connectivity index (χ2v) is 13.9. The van der Waals surface area contributed by atoms with Crippen LogP contribution in [0.4, 0.5) is 0 Å². The summed E-state index contributed by atoms with van der Waals surface area (Å²) in [6.07, 6.45) is 2.45. The molecule has 5 nitrogen and oxygen atoms in total. The molecule has 0 spiro atoms. The quantitative estimate of drug-likeness (QED) is 0.451. The smallest absolute Gasteiger partial charge is 0.353 e. The molecule has 1 aliphatic rings. The molecule has 2 atom stereocenters. The van der Waals surface area contributed by atoms with Crippen molar-refractivity contribution in [3.8, 4) is 0 Å². The topological polar surface area (TPSA) is 54.0 Å². The van der Waals surface area contributed by atoms with Gasteiger partial charge in [0.25, 0.3) is 0 Å². The third kappa shape index (κ3) is 6.11. The molecule has 1 aliphatic heterocycles. The van der Waals surface area contributed by atoms with Gasteiger partial charge in [-0.25, -0.2) is 0 Å². The Balaban J connectivity index is 2.79. The highest BCUT2D eigenvalue weighted by molar-refractivity contribution is 7.57. The molecule has 0 N–H and O–H groups in total. The monoisotopic (exact) mass is 364 g/mol. The molecule has 7 heteroatoms. The van der Waals surface area contributed by atoms with Gasteiger partial charge in [-0.1, -0.05) is 20.8 Å². The largest absolute Gasteiger partial charge is 0.411 e. The maximum Gasteiger partial charge on any atom is 0.353 e. The van der Waals surface area contributed by atoms with E-state index in [-0.39, 0.29) is 17.2 Å². The number of rotatable bonds is 8. The lowest BCUT2D eigenvalue weighted by Gasteiger charge is -2.39. The normalized spacial score (nSPS) is 23.8. The van der Waals surface area contributed by atoms with E-state index in [0.717, 1.165) is 6.42 Å². The van der Waals surface area contributed by atoms with Crippen LogP contribution in [0.1, 0.15) is 41.0 Å². The zero-order valence-corrected chi connectivity index (χ0v) is 17.5. The van der Waals surface area contributed by atoms with Crippen LogP contribution in [0, 0.1) is 0 Å². The van der Waals surface area contributed by atoms with Gasteiger partial charge < -0.3 is 18.2 Å².